The number of hydrogen-bond acceptors (Lipinski definition) is 5. The van der Waals surface area contributed by atoms with Crippen molar-refractivity contribution >= 4 is 39.3 Å². The number of halogens is 5. The van der Waals surface area contributed by atoms with Gasteiger partial charge in [0.15, 0.2) is 5.69 Å². The molecule has 4 rings (SSSR count). The van der Waals surface area contributed by atoms with E-state index in [0.29, 0.717) is 28.3 Å². The Kier molecular flexibility index (Phi) is 6.30. The molecule has 2 aromatic heterocycles. The number of ether oxygens (including phenoxy) is 1. The molecule has 0 unspecified atom stereocenters. The van der Waals surface area contributed by atoms with Crippen LogP contribution in [0.5, 0.6) is 5.75 Å². The molecule has 1 aliphatic rings. The van der Waals surface area contributed by atoms with Crippen LogP contribution in [0.1, 0.15) is 10.5 Å². The van der Waals surface area contributed by atoms with Crippen LogP contribution in [-0.4, -0.2) is 57.5 Å². The van der Waals surface area contributed by atoms with E-state index in [4.69, 9.17) is 11.6 Å². The zero-order valence-corrected chi connectivity index (χ0v) is 18.9. The highest BCUT2D eigenvalue weighted by molar-refractivity contribution is 9.10. The molecule has 1 N–H and O–H groups in total. The lowest BCUT2D eigenvalue weighted by Crippen LogP contribution is -2.50. The lowest BCUT2D eigenvalue weighted by molar-refractivity contribution is -0.274. The van der Waals surface area contributed by atoms with Crippen molar-refractivity contribution in [2.75, 3.05) is 19.6 Å². The summed E-state index contributed by atoms with van der Waals surface area (Å²) in [6, 6.07) is 6.86. The number of nitrogens with one attached hydrogen (secondary N) is 1. The molecule has 0 spiro atoms. The lowest BCUT2D eigenvalue weighted by Gasteiger charge is -2.25. The van der Waals surface area contributed by atoms with Gasteiger partial charge >= 0.3 is 6.36 Å². The maximum absolute atomic E-state index is 13.0. The topological polar surface area (TPSA) is 89.4 Å². The van der Waals surface area contributed by atoms with Gasteiger partial charge in [-0.1, -0.05) is 27.5 Å². The SMILES string of the molecule is O=C1CN(C(=O)c2cc(-c3cc(Br)cc(OC(F)(F)F)c3)n(-c3cncc(Cl)c3)n2)CCN1. The second-order valence-electron chi connectivity index (χ2n) is 6.99. The van der Waals surface area contributed by atoms with Gasteiger partial charge in [0.25, 0.3) is 5.91 Å². The van der Waals surface area contributed by atoms with Gasteiger partial charge in [0.2, 0.25) is 5.91 Å². The maximum atomic E-state index is 13.0. The number of piperazine rings is 1. The molecule has 1 aliphatic heterocycles. The summed E-state index contributed by atoms with van der Waals surface area (Å²) in [7, 11) is 0. The van der Waals surface area contributed by atoms with Gasteiger partial charge in [-0.05, 0) is 30.3 Å². The first-order chi connectivity index (χ1) is 15.6. The number of pyridine rings is 1. The number of carbonyl (C=O) groups is 2. The third-order valence-corrected chi connectivity index (χ3v) is 5.25. The molecule has 172 valence electrons. The van der Waals surface area contributed by atoms with Crippen LogP contribution in [0.25, 0.3) is 16.9 Å². The van der Waals surface area contributed by atoms with Gasteiger partial charge in [-0.3, -0.25) is 14.6 Å². The van der Waals surface area contributed by atoms with Gasteiger partial charge in [-0.15, -0.1) is 13.2 Å². The fourth-order valence-corrected chi connectivity index (χ4v) is 3.92. The summed E-state index contributed by atoms with van der Waals surface area (Å²) in [5.74, 6) is -1.25. The van der Waals surface area contributed by atoms with Crippen LogP contribution in [0.15, 0.2) is 47.2 Å². The van der Waals surface area contributed by atoms with E-state index >= 15 is 0 Å². The molecular weight excluding hydrogens is 531 g/mol. The highest BCUT2D eigenvalue weighted by atomic mass is 79.9. The number of alkyl halides is 3. The van der Waals surface area contributed by atoms with Crippen molar-refractivity contribution in [1.82, 2.24) is 25.0 Å². The third kappa shape index (κ3) is 5.45. The molecule has 0 atom stereocenters. The minimum absolute atomic E-state index is 0.00191. The van der Waals surface area contributed by atoms with Gasteiger partial charge in [0.1, 0.15) is 5.75 Å². The summed E-state index contributed by atoms with van der Waals surface area (Å²) in [6.07, 6.45) is -2.04. The molecule has 0 bridgehead atoms. The second-order valence-corrected chi connectivity index (χ2v) is 8.34. The normalized spacial score (nSPS) is 14.2. The van der Waals surface area contributed by atoms with Crippen LogP contribution in [0.2, 0.25) is 5.02 Å². The number of carbonyl (C=O) groups excluding carboxylic acids is 2. The fourth-order valence-electron chi connectivity index (χ4n) is 3.28. The van der Waals surface area contributed by atoms with E-state index in [0.717, 1.165) is 6.07 Å². The van der Waals surface area contributed by atoms with Crippen molar-refractivity contribution in [1.29, 1.82) is 0 Å². The molecule has 0 saturated carbocycles. The maximum Gasteiger partial charge on any atom is 0.573 e. The van der Waals surface area contributed by atoms with Crippen molar-refractivity contribution in [3.63, 3.8) is 0 Å². The first kappa shape index (κ1) is 23.1. The van der Waals surface area contributed by atoms with E-state index in [1.165, 1.54) is 34.1 Å². The summed E-state index contributed by atoms with van der Waals surface area (Å²) in [5, 5.41) is 7.28. The van der Waals surface area contributed by atoms with E-state index in [1.807, 2.05) is 0 Å². The van der Waals surface area contributed by atoms with Crippen LogP contribution in [0, 0.1) is 0 Å². The van der Waals surface area contributed by atoms with Crippen molar-refractivity contribution < 1.29 is 27.5 Å². The molecular formula is C20H14BrClF3N5O3. The summed E-state index contributed by atoms with van der Waals surface area (Å²) in [4.78, 5) is 30.0. The quantitative estimate of drug-likeness (QED) is 0.540. The van der Waals surface area contributed by atoms with Gasteiger partial charge in [0.05, 0.1) is 29.1 Å². The zero-order chi connectivity index (χ0) is 23.8. The van der Waals surface area contributed by atoms with E-state index in [2.05, 4.69) is 36.1 Å². The van der Waals surface area contributed by atoms with Gasteiger partial charge in [0, 0.05) is 29.3 Å². The van der Waals surface area contributed by atoms with Crippen LogP contribution >= 0.6 is 27.5 Å². The summed E-state index contributed by atoms with van der Waals surface area (Å²) < 4.78 is 44.1. The van der Waals surface area contributed by atoms with Crippen molar-refractivity contribution in [2.45, 2.75) is 6.36 Å². The highest BCUT2D eigenvalue weighted by Gasteiger charge is 2.32. The van der Waals surface area contributed by atoms with E-state index in [9.17, 15) is 22.8 Å². The van der Waals surface area contributed by atoms with Crippen molar-refractivity contribution in [3.8, 4) is 22.7 Å². The molecule has 0 radical (unpaired) electrons. The van der Waals surface area contributed by atoms with Gasteiger partial charge in [-0.2, -0.15) is 5.10 Å². The Bertz CT molecular complexity index is 1230. The molecule has 3 heterocycles. The number of rotatable bonds is 4. The molecule has 33 heavy (non-hydrogen) atoms. The van der Waals surface area contributed by atoms with Gasteiger partial charge in [-0.25, -0.2) is 4.68 Å². The zero-order valence-electron chi connectivity index (χ0n) is 16.6. The summed E-state index contributed by atoms with van der Waals surface area (Å²) in [5.41, 5.74) is 0.952. The first-order valence-corrected chi connectivity index (χ1v) is 10.6. The van der Waals surface area contributed by atoms with Crippen LogP contribution in [0.4, 0.5) is 13.2 Å². The van der Waals surface area contributed by atoms with Crippen LogP contribution in [-0.2, 0) is 4.79 Å². The lowest BCUT2D eigenvalue weighted by atomic mass is 10.1. The minimum atomic E-state index is -4.88. The Morgan fingerprint density at radius 1 is 1.18 bits per heavy atom. The molecule has 1 saturated heterocycles. The van der Waals surface area contributed by atoms with E-state index in [1.54, 1.807) is 12.1 Å². The predicted molar refractivity (Wildman–Crippen MR) is 115 cm³/mol. The predicted octanol–water partition coefficient (Wildman–Crippen LogP) is 3.82. The van der Waals surface area contributed by atoms with Crippen LogP contribution < -0.4 is 10.1 Å². The smallest absolute Gasteiger partial charge is 0.406 e. The Morgan fingerprint density at radius 2 is 1.97 bits per heavy atom. The molecule has 1 aromatic carbocycles. The molecule has 8 nitrogen and oxygen atoms in total. The first-order valence-electron chi connectivity index (χ1n) is 9.43. The molecule has 3 aromatic rings. The Hall–Kier alpha value is -3.12. The average molecular weight is 545 g/mol. The van der Waals surface area contributed by atoms with Crippen LogP contribution in [0.3, 0.4) is 0 Å². The summed E-state index contributed by atoms with van der Waals surface area (Å²) in [6.45, 7) is 0.478. The molecule has 2 amide bonds. The number of aromatic nitrogens is 3. The highest BCUT2D eigenvalue weighted by Crippen LogP contribution is 2.33. The Labute approximate surface area is 198 Å². The van der Waals surface area contributed by atoms with E-state index < -0.39 is 18.0 Å². The average Bonchev–Trinajstić information content (AvgIpc) is 3.17. The van der Waals surface area contributed by atoms with Gasteiger partial charge < -0.3 is 15.0 Å². The number of nitrogens with zero attached hydrogens (tertiary/aromatic N) is 4. The standard InChI is InChI=1S/C20H14BrClF3N5O3/c21-12-3-11(4-15(5-12)33-20(23,24)25)17-7-16(19(32)29-2-1-27-18(31)10-29)28-30(17)14-6-13(22)8-26-9-14/h3-9H,1-2,10H2,(H,27,31). The van der Waals surface area contributed by atoms with E-state index in [-0.39, 0.29) is 29.4 Å². The minimum Gasteiger partial charge on any atom is -0.406 e. The third-order valence-electron chi connectivity index (χ3n) is 4.59. The summed E-state index contributed by atoms with van der Waals surface area (Å²) >= 11 is 9.23. The molecule has 13 heteroatoms. The van der Waals surface area contributed by atoms with Crippen molar-refractivity contribution in [2.24, 2.45) is 0 Å². The number of benzene rings is 1. The Balaban J connectivity index is 1.81. The molecule has 1 fully saturated rings. The second kappa shape index (κ2) is 9.02. The number of amides is 2. The fraction of sp³-hybridized carbons (Fsp3) is 0.200. The Morgan fingerprint density at radius 3 is 2.67 bits per heavy atom. The monoisotopic (exact) mass is 543 g/mol. The largest absolute Gasteiger partial charge is 0.573 e. The number of hydrogen-bond donors (Lipinski definition) is 1. The molecule has 0 aliphatic carbocycles. The van der Waals surface area contributed by atoms with Crippen molar-refractivity contribution in [3.05, 3.63) is 57.9 Å².